The first kappa shape index (κ1) is 16.5. The Kier molecular flexibility index (Phi) is 5.99. The number of rotatable bonds is 7. The molecule has 0 heterocycles. The predicted octanol–water partition coefficient (Wildman–Crippen LogP) is 3.78. The minimum atomic E-state index is 0.216. The molecule has 2 aromatic rings. The second kappa shape index (κ2) is 7.97. The first-order valence-corrected chi connectivity index (χ1v) is 7.76. The molecule has 0 amide bonds. The second-order valence-electron chi connectivity index (χ2n) is 5.62. The zero-order valence-corrected chi connectivity index (χ0v) is 13.5. The van der Waals surface area contributed by atoms with Gasteiger partial charge in [-0.3, -0.25) is 0 Å². The smallest absolute Gasteiger partial charge is 0.126 e. The molecule has 3 heteroatoms. The van der Waals surface area contributed by atoms with Crippen LogP contribution in [0, 0.1) is 0 Å². The topological polar surface area (TPSA) is 41.5 Å². The average Bonchev–Trinajstić information content (AvgIpc) is 2.55. The lowest BCUT2D eigenvalue weighted by Crippen LogP contribution is -2.29. The Bertz CT molecular complexity index is 580. The Morgan fingerprint density at radius 3 is 2.36 bits per heavy atom. The van der Waals surface area contributed by atoms with Gasteiger partial charge in [0.2, 0.25) is 0 Å². The summed E-state index contributed by atoms with van der Waals surface area (Å²) in [7, 11) is 1.70. The summed E-state index contributed by atoms with van der Waals surface area (Å²) in [5.74, 6) is 0.887. The first-order valence-electron chi connectivity index (χ1n) is 7.76. The summed E-state index contributed by atoms with van der Waals surface area (Å²) in [5.41, 5.74) is 3.49. The fourth-order valence-corrected chi connectivity index (χ4v) is 2.63. The molecule has 0 aliphatic heterocycles. The number of para-hydroxylation sites is 1. The normalized spacial score (nSPS) is 13.6. The lowest BCUT2D eigenvalue weighted by molar-refractivity contribution is 0.264. The van der Waals surface area contributed by atoms with Crippen LogP contribution in [0.25, 0.3) is 11.1 Å². The van der Waals surface area contributed by atoms with Crippen molar-refractivity contribution in [1.29, 1.82) is 0 Å². The fourth-order valence-electron chi connectivity index (χ4n) is 2.63. The Morgan fingerprint density at radius 2 is 1.73 bits per heavy atom. The third kappa shape index (κ3) is 4.09. The number of hydrogen-bond donors (Lipinski definition) is 2. The monoisotopic (exact) mass is 299 g/mol. The predicted molar refractivity (Wildman–Crippen MR) is 91.1 cm³/mol. The minimum absolute atomic E-state index is 0.216. The van der Waals surface area contributed by atoms with Crippen LogP contribution in [0.3, 0.4) is 0 Å². The zero-order chi connectivity index (χ0) is 15.9. The molecule has 0 aliphatic rings. The van der Waals surface area contributed by atoms with Gasteiger partial charge in [0.15, 0.2) is 0 Å². The number of methoxy groups -OCH3 is 1. The number of aliphatic hydroxyl groups is 1. The van der Waals surface area contributed by atoms with Crippen molar-refractivity contribution in [2.45, 2.75) is 32.4 Å². The molecule has 2 aromatic carbocycles. The van der Waals surface area contributed by atoms with Crippen LogP contribution in [0.15, 0.2) is 48.5 Å². The molecule has 2 N–H and O–H groups in total. The molecule has 1 unspecified atom stereocenters. The van der Waals surface area contributed by atoms with Gasteiger partial charge in [-0.1, -0.05) is 42.5 Å². The lowest BCUT2D eigenvalue weighted by Gasteiger charge is -2.20. The van der Waals surface area contributed by atoms with Crippen LogP contribution in [0.4, 0.5) is 0 Å². The molecule has 0 aliphatic carbocycles. The van der Waals surface area contributed by atoms with E-state index in [1.807, 2.05) is 18.2 Å². The Balaban J connectivity index is 2.13. The molecule has 0 saturated carbocycles. The molecule has 22 heavy (non-hydrogen) atoms. The zero-order valence-electron chi connectivity index (χ0n) is 13.5. The largest absolute Gasteiger partial charge is 0.496 e. The number of benzene rings is 2. The van der Waals surface area contributed by atoms with Crippen molar-refractivity contribution in [3.63, 3.8) is 0 Å². The summed E-state index contributed by atoms with van der Waals surface area (Å²) in [6.45, 7) is 4.45. The van der Waals surface area contributed by atoms with E-state index in [4.69, 9.17) is 9.84 Å². The van der Waals surface area contributed by atoms with Crippen LogP contribution < -0.4 is 10.1 Å². The van der Waals surface area contributed by atoms with E-state index in [1.54, 1.807) is 7.11 Å². The second-order valence-corrected chi connectivity index (χ2v) is 5.62. The van der Waals surface area contributed by atoms with Crippen LogP contribution in [-0.4, -0.2) is 24.9 Å². The van der Waals surface area contributed by atoms with Gasteiger partial charge in [-0.2, -0.15) is 0 Å². The molecule has 0 bridgehead atoms. The third-order valence-corrected chi connectivity index (χ3v) is 3.93. The molecule has 118 valence electrons. The molecule has 0 spiro atoms. The van der Waals surface area contributed by atoms with Crippen molar-refractivity contribution in [3.8, 4) is 16.9 Å². The first-order chi connectivity index (χ1) is 10.7. The van der Waals surface area contributed by atoms with E-state index in [2.05, 4.69) is 49.5 Å². The van der Waals surface area contributed by atoms with Gasteiger partial charge in [-0.05, 0) is 37.5 Å². The van der Waals surface area contributed by atoms with Crippen LogP contribution >= 0.6 is 0 Å². The van der Waals surface area contributed by atoms with E-state index >= 15 is 0 Å². The molecule has 0 fully saturated rings. The SMILES string of the molecule is COc1ccccc1-c1ccc(C(C)N[C@H](C)CCO)cc1. The van der Waals surface area contributed by atoms with Crippen LogP contribution in [0.2, 0.25) is 0 Å². The summed E-state index contributed by atoms with van der Waals surface area (Å²) >= 11 is 0. The highest BCUT2D eigenvalue weighted by atomic mass is 16.5. The van der Waals surface area contributed by atoms with Crippen molar-refractivity contribution in [2.24, 2.45) is 0 Å². The highest BCUT2D eigenvalue weighted by Gasteiger charge is 2.10. The van der Waals surface area contributed by atoms with Gasteiger partial charge in [-0.25, -0.2) is 0 Å². The standard InChI is InChI=1S/C19H25NO2/c1-14(12-13-21)20-15(2)16-8-10-17(11-9-16)18-6-4-5-7-19(18)22-3/h4-11,14-15,20-21H,12-13H2,1-3H3/t14-,15?/m1/s1. The van der Waals surface area contributed by atoms with E-state index < -0.39 is 0 Å². The van der Waals surface area contributed by atoms with E-state index in [9.17, 15) is 0 Å². The highest BCUT2D eigenvalue weighted by molar-refractivity contribution is 5.70. The molecule has 2 rings (SSSR count). The van der Waals surface area contributed by atoms with Gasteiger partial charge in [0.25, 0.3) is 0 Å². The summed E-state index contributed by atoms with van der Waals surface area (Å²) < 4.78 is 5.42. The third-order valence-electron chi connectivity index (χ3n) is 3.93. The van der Waals surface area contributed by atoms with Gasteiger partial charge in [0.05, 0.1) is 7.11 Å². The van der Waals surface area contributed by atoms with Crippen molar-refractivity contribution in [2.75, 3.05) is 13.7 Å². The molecule has 0 saturated heterocycles. The Labute approximate surface area is 133 Å². The van der Waals surface area contributed by atoms with Gasteiger partial charge in [-0.15, -0.1) is 0 Å². The molecule has 2 atom stereocenters. The number of nitrogens with one attached hydrogen (secondary N) is 1. The van der Waals surface area contributed by atoms with Crippen molar-refractivity contribution in [3.05, 3.63) is 54.1 Å². The maximum absolute atomic E-state index is 8.98. The maximum Gasteiger partial charge on any atom is 0.126 e. The fraction of sp³-hybridized carbons (Fsp3) is 0.368. The van der Waals surface area contributed by atoms with E-state index in [0.717, 1.165) is 23.3 Å². The van der Waals surface area contributed by atoms with Crippen molar-refractivity contribution >= 4 is 0 Å². The summed E-state index contributed by atoms with van der Waals surface area (Å²) in [6.07, 6.45) is 0.767. The molecular weight excluding hydrogens is 274 g/mol. The van der Waals surface area contributed by atoms with Gasteiger partial charge < -0.3 is 15.2 Å². The van der Waals surface area contributed by atoms with Gasteiger partial charge in [0.1, 0.15) is 5.75 Å². The molecule has 0 aromatic heterocycles. The lowest BCUT2D eigenvalue weighted by atomic mass is 10.00. The van der Waals surface area contributed by atoms with Crippen molar-refractivity contribution in [1.82, 2.24) is 5.32 Å². The average molecular weight is 299 g/mol. The van der Waals surface area contributed by atoms with Crippen LogP contribution in [-0.2, 0) is 0 Å². The minimum Gasteiger partial charge on any atom is -0.496 e. The maximum atomic E-state index is 8.98. The van der Waals surface area contributed by atoms with Crippen molar-refractivity contribution < 1.29 is 9.84 Å². The van der Waals surface area contributed by atoms with Crippen LogP contribution in [0.1, 0.15) is 31.9 Å². The highest BCUT2D eigenvalue weighted by Crippen LogP contribution is 2.30. The van der Waals surface area contributed by atoms with E-state index in [1.165, 1.54) is 5.56 Å². The van der Waals surface area contributed by atoms with Gasteiger partial charge >= 0.3 is 0 Å². The summed E-state index contributed by atoms with van der Waals surface area (Å²) in [5, 5.41) is 12.5. The number of hydrogen-bond acceptors (Lipinski definition) is 3. The number of ether oxygens (including phenoxy) is 1. The van der Waals surface area contributed by atoms with E-state index in [-0.39, 0.29) is 12.6 Å². The Morgan fingerprint density at radius 1 is 1.05 bits per heavy atom. The summed E-state index contributed by atoms with van der Waals surface area (Å²) in [6, 6.07) is 17.1. The van der Waals surface area contributed by atoms with Crippen LogP contribution in [0.5, 0.6) is 5.75 Å². The quantitative estimate of drug-likeness (QED) is 0.817. The summed E-state index contributed by atoms with van der Waals surface area (Å²) in [4.78, 5) is 0. The molecule has 0 radical (unpaired) electrons. The molecule has 3 nitrogen and oxygen atoms in total. The van der Waals surface area contributed by atoms with Gasteiger partial charge in [0, 0.05) is 24.3 Å². The van der Waals surface area contributed by atoms with E-state index in [0.29, 0.717) is 6.04 Å². The number of aliphatic hydroxyl groups excluding tert-OH is 1. The molecular formula is C19H25NO2. The Hall–Kier alpha value is -1.84.